The predicted octanol–water partition coefficient (Wildman–Crippen LogP) is 4.62. The Kier molecular flexibility index (Phi) is 6.89. The molecule has 3 rings (SSSR count). The Morgan fingerprint density at radius 1 is 0.964 bits per heavy atom. The summed E-state index contributed by atoms with van der Waals surface area (Å²) in [6.45, 7) is 11.3. The molecular formula is C24H32O3Si. The topological polar surface area (TPSA) is 27.7 Å². The van der Waals surface area contributed by atoms with Crippen LogP contribution in [0.5, 0.6) is 0 Å². The molecule has 4 heteroatoms. The van der Waals surface area contributed by atoms with Gasteiger partial charge < -0.3 is 4.43 Å². The molecule has 0 radical (unpaired) electrons. The summed E-state index contributed by atoms with van der Waals surface area (Å²) in [5.74, 6) is 0. The van der Waals surface area contributed by atoms with E-state index in [4.69, 9.17) is 14.2 Å². The maximum atomic E-state index is 6.91. The molecule has 1 aliphatic heterocycles. The zero-order valence-electron chi connectivity index (χ0n) is 17.3. The van der Waals surface area contributed by atoms with Crippen molar-refractivity contribution in [2.24, 2.45) is 0 Å². The zero-order valence-corrected chi connectivity index (χ0v) is 18.3. The van der Waals surface area contributed by atoms with Gasteiger partial charge in [-0.25, -0.2) is 9.78 Å². The van der Waals surface area contributed by atoms with Crippen molar-refractivity contribution in [1.82, 2.24) is 0 Å². The molecular weight excluding hydrogens is 364 g/mol. The molecule has 1 heterocycles. The second-order valence-electron chi connectivity index (χ2n) is 8.50. The Bertz CT molecular complexity index is 700. The lowest BCUT2D eigenvalue weighted by Crippen LogP contribution is -2.66. The Balaban J connectivity index is 1.84. The molecule has 0 saturated carbocycles. The molecule has 0 N–H and O–H groups in total. The fourth-order valence-corrected chi connectivity index (χ4v) is 8.70. The molecule has 0 spiro atoms. The first-order chi connectivity index (χ1) is 13.5. The number of hydrogen-bond acceptors (Lipinski definition) is 3. The largest absolute Gasteiger partial charge is 0.407 e. The van der Waals surface area contributed by atoms with Crippen molar-refractivity contribution >= 4 is 18.7 Å². The highest BCUT2D eigenvalue weighted by Crippen LogP contribution is 2.37. The summed E-state index contributed by atoms with van der Waals surface area (Å²) in [4.78, 5) is 10.9. The first kappa shape index (κ1) is 21.0. The third-order valence-corrected chi connectivity index (χ3v) is 10.5. The van der Waals surface area contributed by atoms with Crippen LogP contribution in [0.2, 0.25) is 5.04 Å². The quantitative estimate of drug-likeness (QED) is 0.370. The summed E-state index contributed by atoms with van der Waals surface area (Å²) >= 11 is 0. The van der Waals surface area contributed by atoms with Crippen LogP contribution in [0.15, 0.2) is 73.3 Å². The summed E-state index contributed by atoms with van der Waals surface area (Å²) < 4.78 is 6.91. The molecule has 0 amide bonds. The molecule has 0 bridgehead atoms. The summed E-state index contributed by atoms with van der Waals surface area (Å²) in [6, 6.07) is 21.5. The molecule has 1 aliphatic rings. The van der Waals surface area contributed by atoms with Gasteiger partial charge in [0, 0.05) is 13.0 Å². The monoisotopic (exact) mass is 396 g/mol. The van der Waals surface area contributed by atoms with E-state index in [-0.39, 0.29) is 17.2 Å². The van der Waals surface area contributed by atoms with Gasteiger partial charge in [-0.05, 0) is 28.3 Å². The third-order valence-electron chi connectivity index (χ3n) is 5.46. The van der Waals surface area contributed by atoms with Gasteiger partial charge in [0.1, 0.15) is 0 Å². The van der Waals surface area contributed by atoms with Gasteiger partial charge in [0.05, 0.1) is 12.2 Å². The summed E-state index contributed by atoms with van der Waals surface area (Å²) in [7, 11) is -2.47. The minimum absolute atomic E-state index is 0.00584. The lowest BCUT2D eigenvalue weighted by atomic mass is 10.1. The molecule has 0 aliphatic carbocycles. The zero-order chi connectivity index (χ0) is 20.0. The first-order valence-electron chi connectivity index (χ1n) is 10.2. The van der Waals surface area contributed by atoms with Gasteiger partial charge in [-0.2, -0.15) is 0 Å². The lowest BCUT2D eigenvalue weighted by Gasteiger charge is -2.43. The number of rotatable bonds is 8. The van der Waals surface area contributed by atoms with E-state index in [1.54, 1.807) is 0 Å². The SMILES string of the molecule is C=CCC1CC(CCO[Si](c2ccccc2)(c2ccccc2)C(C)(C)C)OO1. The Morgan fingerprint density at radius 2 is 1.50 bits per heavy atom. The maximum absolute atomic E-state index is 6.91. The molecule has 0 aromatic heterocycles. The van der Waals surface area contributed by atoms with Crippen LogP contribution in [-0.4, -0.2) is 27.1 Å². The lowest BCUT2D eigenvalue weighted by molar-refractivity contribution is -0.296. The predicted molar refractivity (Wildman–Crippen MR) is 117 cm³/mol. The number of benzene rings is 2. The van der Waals surface area contributed by atoms with Crippen molar-refractivity contribution in [2.75, 3.05) is 6.61 Å². The molecule has 1 saturated heterocycles. The van der Waals surface area contributed by atoms with E-state index in [0.717, 1.165) is 19.3 Å². The standard InChI is InChI=1S/C24H32O3Si/c1-5-12-20-19-21(27-26-20)17-18-25-28(24(2,3)4,22-13-8-6-9-14-22)23-15-10-7-11-16-23/h5-11,13-16,20-21H,1,12,17-19H2,2-4H3. The highest BCUT2D eigenvalue weighted by atomic mass is 28.4. The van der Waals surface area contributed by atoms with Crippen LogP contribution in [0.1, 0.15) is 40.0 Å². The van der Waals surface area contributed by atoms with Crippen LogP contribution in [0.4, 0.5) is 0 Å². The van der Waals surface area contributed by atoms with E-state index in [9.17, 15) is 0 Å². The van der Waals surface area contributed by atoms with Gasteiger partial charge in [-0.3, -0.25) is 0 Å². The minimum atomic E-state index is -2.47. The van der Waals surface area contributed by atoms with E-state index in [2.05, 4.69) is 88.0 Å². The average Bonchev–Trinajstić information content (AvgIpc) is 3.13. The van der Waals surface area contributed by atoms with Gasteiger partial charge in [0.25, 0.3) is 8.32 Å². The second-order valence-corrected chi connectivity index (χ2v) is 12.8. The fraction of sp³-hybridized carbons (Fsp3) is 0.417. The highest BCUT2D eigenvalue weighted by molar-refractivity contribution is 6.99. The molecule has 2 atom stereocenters. The molecule has 2 aromatic carbocycles. The van der Waals surface area contributed by atoms with Crippen molar-refractivity contribution < 1.29 is 14.2 Å². The van der Waals surface area contributed by atoms with Crippen molar-refractivity contribution in [2.45, 2.75) is 57.3 Å². The van der Waals surface area contributed by atoms with Crippen molar-refractivity contribution in [3.05, 3.63) is 73.3 Å². The number of hydrogen-bond donors (Lipinski definition) is 0. The Labute approximate surface area is 170 Å². The first-order valence-corrected chi connectivity index (χ1v) is 12.1. The van der Waals surface area contributed by atoms with Gasteiger partial charge in [-0.15, -0.1) is 6.58 Å². The Morgan fingerprint density at radius 3 is 2.00 bits per heavy atom. The van der Waals surface area contributed by atoms with Gasteiger partial charge >= 0.3 is 0 Å². The fourth-order valence-electron chi connectivity index (χ4n) is 4.12. The van der Waals surface area contributed by atoms with Crippen LogP contribution < -0.4 is 10.4 Å². The van der Waals surface area contributed by atoms with E-state index in [1.807, 2.05) is 6.08 Å². The van der Waals surface area contributed by atoms with Crippen molar-refractivity contribution in [1.29, 1.82) is 0 Å². The van der Waals surface area contributed by atoms with Crippen LogP contribution in [0.25, 0.3) is 0 Å². The average molecular weight is 397 g/mol. The van der Waals surface area contributed by atoms with Crippen LogP contribution in [0.3, 0.4) is 0 Å². The van der Waals surface area contributed by atoms with Gasteiger partial charge in [0.15, 0.2) is 0 Å². The molecule has 2 aromatic rings. The normalized spacial score (nSPS) is 20.2. The van der Waals surface area contributed by atoms with Gasteiger partial charge in [0.2, 0.25) is 0 Å². The second kappa shape index (κ2) is 9.18. The molecule has 2 unspecified atom stereocenters. The van der Waals surface area contributed by atoms with E-state index in [1.165, 1.54) is 10.4 Å². The molecule has 1 fully saturated rings. The summed E-state index contributed by atoms with van der Waals surface area (Å²) in [5, 5.41) is 2.61. The molecule has 150 valence electrons. The maximum Gasteiger partial charge on any atom is 0.261 e. The minimum Gasteiger partial charge on any atom is -0.407 e. The van der Waals surface area contributed by atoms with E-state index < -0.39 is 8.32 Å². The summed E-state index contributed by atoms with van der Waals surface area (Å²) in [5.41, 5.74) is 0. The third kappa shape index (κ3) is 4.46. The van der Waals surface area contributed by atoms with Crippen LogP contribution in [-0.2, 0) is 14.2 Å². The Hall–Kier alpha value is -1.72. The smallest absolute Gasteiger partial charge is 0.261 e. The van der Waals surface area contributed by atoms with Gasteiger partial charge in [-0.1, -0.05) is 87.5 Å². The van der Waals surface area contributed by atoms with Crippen LogP contribution >= 0.6 is 0 Å². The van der Waals surface area contributed by atoms with E-state index >= 15 is 0 Å². The summed E-state index contributed by atoms with van der Waals surface area (Å²) in [6.07, 6.45) is 4.65. The molecule has 28 heavy (non-hydrogen) atoms. The van der Waals surface area contributed by atoms with Crippen molar-refractivity contribution in [3.8, 4) is 0 Å². The van der Waals surface area contributed by atoms with E-state index in [0.29, 0.717) is 6.61 Å². The van der Waals surface area contributed by atoms with Crippen LogP contribution in [0, 0.1) is 0 Å². The van der Waals surface area contributed by atoms with Crippen molar-refractivity contribution in [3.63, 3.8) is 0 Å². The highest BCUT2D eigenvalue weighted by Gasteiger charge is 2.50. The molecule has 3 nitrogen and oxygen atoms in total.